The lowest BCUT2D eigenvalue weighted by molar-refractivity contribution is 0.301. The Labute approximate surface area is 72.0 Å². The summed E-state index contributed by atoms with van der Waals surface area (Å²) >= 11 is 0. The first kappa shape index (κ1) is 10.7. The van der Waals surface area contributed by atoms with Gasteiger partial charge in [-0.25, -0.2) is 0 Å². The summed E-state index contributed by atoms with van der Waals surface area (Å²) in [5.41, 5.74) is 0.307. The molecule has 0 unspecified atom stereocenters. The maximum absolute atomic E-state index is 8.61. The zero-order valence-corrected chi connectivity index (χ0v) is 7.65. The largest absolute Gasteiger partial charge is 0.411 e. The van der Waals surface area contributed by atoms with Gasteiger partial charge in [0.15, 0.2) is 5.84 Å². The topological polar surface area (TPSA) is 68.4 Å². The van der Waals surface area contributed by atoms with Crippen molar-refractivity contribution in [3.63, 3.8) is 0 Å². The molecule has 0 spiro atoms. The maximum Gasteiger partial charge on any atom is 0.192 e. The lowest BCUT2D eigenvalue weighted by Crippen LogP contribution is -2.35. The molecule has 0 bridgehead atoms. The number of rotatable bonds is 3. The van der Waals surface area contributed by atoms with Crippen molar-refractivity contribution in [2.75, 3.05) is 13.1 Å². The van der Waals surface area contributed by atoms with E-state index in [-0.39, 0.29) is 0 Å². The quantitative estimate of drug-likeness (QED) is 0.289. The molecule has 0 aromatic heterocycles. The third-order valence-corrected chi connectivity index (χ3v) is 1.63. The van der Waals surface area contributed by atoms with Crippen molar-refractivity contribution in [1.82, 2.24) is 4.90 Å². The monoisotopic (exact) mass is 173 g/mol. The maximum atomic E-state index is 8.61. The number of hydrogen-bond donors (Lipinski definition) is 2. The van der Waals surface area contributed by atoms with Gasteiger partial charge in [-0.3, -0.25) is 0 Å². The second kappa shape index (κ2) is 5.40. The molecule has 0 aliphatic heterocycles. The summed E-state index contributed by atoms with van der Waals surface area (Å²) in [5, 5.41) is 23.1. The van der Waals surface area contributed by atoms with Crippen LogP contribution in [0.5, 0.6) is 0 Å². The summed E-state index contributed by atoms with van der Waals surface area (Å²) in [6.45, 7) is 6.86. The van der Waals surface area contributed by atoms with Crippen LogP contribution in [0.2, 0.25) is 0 Å². The van der Waals surface area contributed by atoms with E-state index in [2.05, 4.69) is 10.3 Å². The summed E-state index contributed by atoms with van der Waals surface area (Å²) in [6, 6.07) is 0. The minimum Gasteiger partial charge on any atom is -0.411 e. The molecule has 0 aliphatic carbocycles. The van der Waals surface area contributed by atoms with Crippen molar-refractivity contribution in [2.24, 2.45) is 10.3 Å². The third kappa shape index (κ3) is 2.41. The Morgan fingerprint density at radius 2 is 1.67 bits per heavy atom. The van der Waals surface area contributed by atoms with Gasteiger partial charge in [0.05, 0.1) is 0 Å². The highest BCUT2D eigenvalue weighted by atomic mass is 16.4. The molecule has 0 rings (SSSR count). The Kier molecular flexibility index (Phi) is 4.83. The normalized spacial score (nSPS) is 13.2. The number of oxime groups is 2. The van der Waals surface area contributed by atoms with E-state index >= 15 is 0 Å². The van der Waals surface area contributed by atoms with E-state index in [1.807, 2.05) is 13.8 Å². The van der Waals surface area contributed by atoms with Crippen LogP contribution in [0.4, 0.5) is 0 Å². The first-order chi connectivity index (χ1) is 5.71. The van der Waals surface area contributed by atoms with Crippen LogP contribution in [-0.4, -0.2) is 40.0 Å². The molecule has 0 radical (unpaired) electrons. The molecule has 0 aliphatic rings. The second-order valence-corrected chi connectivity index (χ2v) is 2.28. The lowest BCUT2D eigenvalue weighted by atomic mass is 10.3. The highest BCUT2D eigenvalue weighted by molar-refractivity contribution is 6.40. The minimum absolute atomic E-state index is 0.307. The van der Waals surface area contributed by atoms with Gasteiger partial charge in [-0.15, -0.1) is 0 Å². The van der Waals surface area contributed by atoms with Crippen molar-refractivity contribution in [1.29, 1.82) is 0 Å². The van der Waals surface area contributed by atoms with Gasteiger partial charge in [0, 0.05) is 13.1 Å². The molecule has 0 amide bonds. The van der Waals surface area contributed by atoms with E-state index in [1.54, 1.807) is 11.8 Å². The fraction of sp³-hybridized carbons (Fsp3) is 0.714. The molecule has 0 fully saturated rings. The van der Waals surface area contributed by atoms with E-state index in [0.29, 0.717) is 24.6 Å². The number of hydrogen-bond acceptors (Lipinski definition) is 4. The van der Waals surface area contributed by atoms with Crippen LogP contribution in [0.25, 0.3) is 0 Å². The van der Waals surface area contributed by atoms with E-state index in [4.69, 9.17) is 10.4 Å². The molecule has 5 nitrogen and oxygen atoms in total. The van der Waals surface area contributed by atoms with Crippen molar-refractivity contribution in [3.8, 4) is 0 Å². The van der Waals surface area contributed by atoms with E-state index in [0.717, 1.165) is 0 Å². The molecule has 12 heavy (non-hydrogen) atoms. The summed E-state index contributed by atoms with van der Waals surface area (Å²) in [4.78, 5) is 1.79. The zero-order chi connectivity index (χ0) is 9.56. The van der Waals surface area contributed by atoms with Gasteiger partial charge in [-0.2, -0.15) is 0 Å². The molecular formula is C7H15N3O2. The Hall–Kier alpha value is -1.26. The molecule has 0 aromatic carbocycles. The van der Waals surface area contributed by atoms with Crippen LogP contribution < -0.4 is 0 Å². The Balaban J connectivity index is 4.55. The molecular weight excluding hydrogens is 158 g/mol. The Morgan fingerprint density at radius 1 is 1.17 bits per heavy atom. The lowest BCUT2D eigenvalue weighted by Gasteiger charge is -2.20. The molecule has 0 aromatic rings. The van der Waals surface area contributed by atoms with Gasteiger partial charge in [0.1, 0.15) is 5.71 Å². The molecule has 2 N–H and O–H groups in total. The van der Waals surface area contributed by atoms with Crippen LogP contribution in [-0.2, 0) is 0 Å². The SMILES string of the molecule is CCN(CC)C(=N/O)/C(C)=N/O. The van der Waals surface area contributed by atoms with Crippen LogP contribution >= 0.6 is 0 Å². The molecule has 0 heterocycles. The minimum atomic E-state index is 0.307. The summed E-state index contributed by atoms with van der Waals surface area (Å²) in [6.07, 6.45) is 0. The van der Waals surface area contributed by atoms with Crippen LogP contribution in [0.3, 0.4) is 0 Å². The fourth-order valence-electron chi connectivity index (χ4n) is 0.932. The van der Waals surface area contributed by atoms with Crippen LogP contribution in [0.15, 0.2) is 10.3 Å². The summed E-state index contributed by atoms with van der Waals surface area (Å²) in [5.74, 6) is 0.308. The Morgan fingerprint density at radius 3 is 1.92 bits per heavy atom. The second-order valence-electron chi connectivity index (χ2n) is 2.28. The van der Waals surface area contributed by atoms with E-state index < -0.39 is 0 Å². The van der Waals surface area contributed by atoms with Crippen LogP contribution in [0.1, 0.15) is 20.8 Å². The molecule has 0 atom stereocenters. The highest BCUT2D eigenvalue weighted by Crippen LogP contribution is 1.94. The highest BCUT2D eigenvalue weighted by Gasteiger charge is 2.11. The fourth-order valence-corrected chi connectivity index (χ4v) is 0.932. The zero-order valence-electron chi connectivity index (χ0n) is 7.65. The van der Waals surface area contributed by atoms with Crippen molar-refractivity contribution < 1.29 is 10.4 Å². The van der Waals surface area contributed by atoms with Crippen molar-refractivity contribution in [3.05, 3.63) is 0 Å². The van der Waals surface area contributed by atoms with Gasteiger partial charge in [-0.1, -0.05) is 10.3 Å². The van der Waals surface area contributed by atoms with Crippen LogP contribution in [0, 0.1) is 0 Å². The smallest absolute Gasteiger partial charge is 0.192 e. The molecule has 70 valence electrons. The predicted octanol–water partition coefficient (Wildman–Crippen LogP) is 0.966. The molecule has 0 saturated heterocycles. The molecule has 5 heteroatoms. The summed E-state index contributed by atoms with van der Waals surface area (Å²) in [7, 11) is 0. The average molecular weight is 173 g/mol. The van der Waals surface area contributed by atoms with Gasteiger partial charge < -0.3 is 15.3 Å². The van der Waals surface area contributed by atoms with Crippen molar-refractivity contribution >= 4 is 11.5 Å². The number of nitrogens with zero attached hydrogens (tertiary/aromatic N) is 3. The predicted molar refractivity (Wildman–Crippen MR) is 47.0 cm³/mol. The standard InChI is InChI=1S/C7H15N3O2/c1-4-10(5-2)7(9-12)6(3)8-11/h11-12H,4-5H2,1-3H3/b8-6+,9-7+. The van der Waals surface area contributed by atoms with Gasteiger partial charge in [-0.05, 0) is 20.8 Å². The summed E-state index contributed by atoms with van der Waals surface area (Å²) < 4.78 is 0. The van der Waals surface area contributed by atoms with Gasteiger partial charge in [0.2, 0.25) is 0 Å². The third-order valence-electron chi connectivity index (χ3n) is 1.63. The number of amidine groups is 1. The van der Waals surface area contributed by atoms with E-state index in [9.17, 15) is 0 Å². The van der Waals surface area contributed by atoms with Gasteiger partial charge >= 0.3 is 0 Å². The first-order valence-corrected chi connectivity index (χ1v) is 3.87. The molecule has 0 saturated carbocycles. The van der Waals surface area contributed by atoms with Crippen molar-refractivity contribution in [2.45, 2.75) is 20.8 Å². The average Bonchev–Trinajstić information content (AvgIpc) is 2.12. The Bertz CT molecular complexity index is 185. The van der Waals surface area contributed by atoms with Gasteiger partial charge in [0.25, 0.3) is 0 Å². The van der Waals surface area contributed by atoms with E-state index in [1.165, 1.54) is 0 Å². The first-order valence-electron chi connectivity index (χ1n) is 3.87.